The van der Waals surface area contributed by atoms with Gasteiger partial charge in [0.1, 0.15) is 5.82 Å². The normalized spacial score (nSPS) is 10.5. The molecule has 2 aromatic carbocycles. The summed E-state index contributed by atoms with van der Waals surface area (Å²) in [5, 5.41) is 14.4. The minimum absolute atomic E-state index is 0.0103. The molecule has 0 atom stereocenters. The van der Waals surface area contributed by atoms with Crippen molar-refractivity contribution in [3.05, 3.63) is 75.9 Å². The number of rotatable bonds is 6. The summed E-state index contributed by atoms with van der Waals surface area (Å²) in [6.07, 6.45) is -0.0103. The number of nitrogens with zero attached hydrogens (tertiary/aromatic N) is 3. The summed E-state index contributed by atoms with van der Waals surface area (Å²) < 4.78 is 22.9. The lowest BCUT2D eigenvalue weighted by Crippen LogP contribution is -2.08. The fraction of sp³-hybridized carbons (Fsp3) is 0.118. The summed E-state index contributed by atoms with van der Waals surface area (Å²) in [5.74, 6) is -0.589. The van der Waals surface area contributed by atoms with Crippen molar-refractivity contribution in [2.24, 2.45) is 0 Å². The average Bonchev–Trinajstić information content (AvgIpc) is 3.11. The van der Waals surface area contributed by atoms with Crippen molar-refractivity contribution in [1.82, 2.24) is 10.1 Å². The van der Waals surface area contributed by atoms with E-state index in [9.17, 15) is 19.3 Å². The Morgan fingerprint density at radius 2 is 1.85 bits per heavy atom. The van der Waals surface area contributed by atoms with E-state index < -0.39 is 10.9 Å². The zero-order valence-corrected chi connectivity index (χ0v) is 13.3. The number of nitro groups is 1. The number of halogens is 1. The van der Waals surface area contributed by atoms with Crippen molar-refractivity contribution >= 4 is 11.7 Å². The highest BCUT2D eigenvalue weighted by Crippen LogP contribution is 2.20. The Kier molecular flexibility index (Phi) is 4.97. The zero-order valence-electron chi connectivity index (χ0n) is 13.3. The smallest absolute Gasteiger partial charge is 0.310 e. The number of carbonyl (C=O) groups excluding carboxylic acids is 1. The van der Waals surface area contributed by atoms with Gasteiger partial charge in [-0.25, -0.2) is 4.39 Å². The highest BCUT2D eigenvalue weighted by atomic mass is 19.1. The molecule has 26 heavy (non-hydrogen) atoms. The van der Waals surface area contributed by atoms with Gasteiger partial charge in [0.25, 0.3) is 11.6 Å². The molecule has 0 aliphatic carbocycles. The number of hydrogen-bond acceptors (Lipinski definition) is 7. The van der Waals surface area contributed by atoms with Crippen LogP contribution in [-0.2, 0) is 22.6 Å². The minimum Gasteiger partial charge on any atom is -0.455 e. The minimum atomic E-state index is -0.522. The van der Waals surface area contributed by atoms with Gasteiger partial charge in [-0.1, -0.05) is 17.3 Å². The van der Waals surface area contributed by atoms with Crippen LogP contribution in [0.5, 0.6) is 0 Å². The quantitative estimate of drug-likeness (QED) is 0.379. The van der Waals surface area contributed by atoms with Gasteiger partial charge in [-0.15, -0.1) is 0 Å². The standard InChI is InChI=1S/C17H12FN3O5/c18-13-5-1-11(2-6-13)9-16(22)25-10-15-19-17(20-26-15)12-3-7-14(8-4-12)21(23)24/h1-8H,9-10H2. The van der Waals surface area contributed by atoms with Crippen molar-refractivity contribution in [2.45, 2.75) is 13.0 Å². The fourth-order valence-corrected chi connectivity index (χ4v) is 2.13. The van der Waals surface area contributed by atoms with Crippen LogP contribution in [-0.4, -0.2) is 21.0 Å². The summed E-state index contributed by atoms with van der Waals surface area (Å²) >= 11 is 0. The third-order valence-electron chi connectivity index (χ3n) is 3.42. The van der Waals surface area contributed by atoms with Crippen LogP contribution in [0.25, 0.3) is 11.4 Å². The molecule has 1 heterocycles. The summed E-state index contributed by atoms with van der Waals surface area (Å²) in [6.45, 7) is -0.208. The van der Waals surface area contributed by atoms with E-state index in [1.807, 2.05) is 0 Å². The van der Waals surface area contributed by atoms with E-state index >= 15 is 0 Å². The van der Waals surface area contributed by atoms with E-state index in [1.54, 1.807) is 0 Å². The van der Waals surface area contributed by atoms with E-state index in [1.165, 1.54) is 48.5 Å². The van der Waals surface area contributed by atoms with Crippen LogP contribution in [0.4, 0.5) is 10.1 Å². The van der Waals surface area contributed by atoms with Crippen molar-refractivity contribution in [1.29, 1.82) is 0 Å². The molecule has 3 rings (SSSR count). The molecule has 0 spiro atoms. The van der Waals surface area contributed by atoms with Crippen LogP contribution >= 0.6 is 0 Å². The predicted octanol–water partition coefficient (Wildman–Crippen LogP) is 3.07. The van der Waals surface area contributed by atoms with Crippen LogP contribution in [0.3, 0.4) is 0 Å². The van der Waals surface area contributed by atoms with Gasteiger partial charge in [0.2, 0.25) is 5.82 Å². The number of benzene rings is 2. The summed E-state index contributed by atoms with van der Waals surface area (Å²) in [5.41, 5.74) is 1.10. The fourth-order valence-electron chi connectivity index (χ4n) is 2.13. The lowest BCUT2D eigenvalue weighted by atomic mass is 10.1. The lowest BCUT2D eigenvalue weighted by molar-refractivity contribution is -0.384. The molecule has 0 bridgehead atoms. The van der Waals surface area contributed by atoms with Crippen molar-refractivity contribution in [2.75, 3.05) is 0 Å². The topological polar surface area (TPSA) is 108 Å². The maximum atomic E-state index is 12.8. The Morgan fingerprint density at radius 1 is 1.15 bits per heavy atom. The number of nitro benzene ring substituents is 1. The molecule has 0 radical (unpaired) electrons. The first-order valence-corrected chi connectivity index (χ1v) is 7.49. The van der Waals surface area contributed by atoms with Crippen LogP contribution in [0.1, 0.15) is 11.5 Å². The molecule has 1 aromatic heterocycles. The predicted molar refractivity (Wildman–Crippen MR) is 86.3 cm³/mol. The number of carbonyl (C=O) groups is 1. The Hall–Kier alpha value is -3.62. The zero-order chi connectivity index (χ0) is 18.5. The Morgan fingerprint density at radius 3 is 2.50 bits per heavy atom. The lowest BCUT2D eigenvalue weighted by Gasteiger charge is -2.02. The van der Waals surface area contributed by atoms with Gasteiger partial charge in [0, 0.05) is 17.7 Å². The molecule has 0 amide bonds. The Balaban J connectivity index is 1.57. The van der Waals surface area contributed by atoms with Gasteiger partial charge in [-0.05, 0) is 29.8 Å². The summed E-state index contributed by atoms with van der Waals surface area (Å²) in [6, 6.07) is 11.2. The van der Waals surface area contributed by atoms with E-state index in [0.29, 0.717) is 11.1 Å². The van der Waals surface area contributed by atoms with E-state index in [2.05, 4.69) is 10.1 Å². The number of hydrogen-bond donors (Lipinski definition) is 0. The molecular formula is C17H12FN3O5. The van der Waals surface area contributed by atoms with Crippen LogP contribution < -0.4 is 0 Å². The Bertz CT molecular complexity index is 922. The Labute approximate surface area is 146 Å². The molecule has 0 unspecified atom stereocenters. The number of aromatic nitrogens is 2. The molecule has 0 aliphatic heterocycles. The van der Waals surface area contributed by atoms with Crippen molar-refractivity contribution < 1.29 is 23.4 Å². The first-order chi connectivity index (χ1) is 12.5. The number of ether oxygens (including phenoxy) is 1. The molecule has 3 aromatic rings. The number of esters is 1. The maximum absolute atomic E-state index is 12.8. The molecule has 0 saturated heterocycles. The molecule has 0 aliphatic rings. The van der Waals surface area contributed by atoms with Gasteiger partial charge in [-0.3, -0.25) is 14.9 Å². The summed E-state index contributed by atoms with van der Waals surface area (Å²) in [7, 11) is 0. The highest BCUT2D eigenvalue weighted by molar-refractivity contribution is 5.72. The SMILES string of the molecule is O=C(Cc1ccc(F)cc1)OCc1nc(-c2ccc([N+](=O)[O-])cc2)no1. The molecule has 8 nitrogen and oxygen atoms in total. The van der Waals surface area contributed by atoms with Crippen molar-refractivity contribution in [3.63, 3.8) is 0 Å². The molecule has 132 valence electrons. The molecule has 0 fully saturated rings. The molecular weight excluding hydrogens is 345 g/mol. The van der Waals surface area contributed by atoms with Gasteiger partial charge < -0.3 is 9.26 Å². The van der Waals surface area contributed by atoms with Crippen LogP contribution in [0.15, 0.2) is 53.1 Å². The molecule has 0 N–H and O–H groups in total. The van der Waals surface area contributed by atoms with Crippen molar-refractivity contribution in [3.8, 4) is 11.4 Å². The maximum Gasteiger partial charge on any atom is 0.310 e. The number of non-ortho nitro benzene ring substituents is 1. The third kappa shape index (κ3) is 4.26. The second kappa shape index (κ2) is 7.51. The van der Waals surface area contributed by atoms with Crippen LogP contribution in [0.2, 0.25) is 0 Å². The first kappa shape index (κ1) is 17.2. The molecule has 0 saturated carbocycles. The van der Waals surface area contributed by atoms with E-state index in [4.69, 9.17) is 9.26 Å². The molecule has 9 heteroatoms. The van der Waals surface area contributed by atoms with Gasteiger partial charge in [0.15, 0.2) is 6.61 Å². The third-order valence-corrected chi connectivity index (χ3v) is 3.42. The van der Waals surface area contributed by atoms with Gasteiger partial charge in [0.05, 0.1) is 11.3 Å². The van der Waals surface area contributed by atoms with E-state index in [-0.39, 0.29) is 36.2 Å². The van der Waals surface area contributed by atoms with Gasteiger partial charge in [-0.2, -0.15) is 4.98 Å². The first-order valence-electron chi connectivity index (χ1n) is 7.49. The van der Waals surface area contributed by atoms with Crippen LogP contribution in [0, 0.1) is 15.9 Å². The average molecular weight is 357 g/mol. The largest absolute Gasteiger partial charge is 0.455 e. The second-order valence-electron chi connectivity index (χ2n) is 5.28. The summed E-state index contributed by atoms with van der Waals surface area (Å²) in [4.78, 5) is 26.0. The second-order valence-corrected chi connectivity index (χ2v) is 5.28. The van der Waals surface area contributed by atoms with Gasteiger partial charge >= 0.3 is 5.97 Å². The monoisotopic (exact) mass is 357 g/mol. The highest BCUT2D eigenvalue weighted by Gasteiger charge is 2.13. The van der Waals surface area contributed by atoms with E-state index in [0.717, 1.165) is 0 Å².